The van der Waals surface area contributed by atoms with Gasteiger partial charge in [-0.3, -0.25) is 4.79 Å². The summed E-state index contributed by atoms with van der Waals surface area (Å²) in [5, 5.41) is 3.51. The number of hydrogen-bond acceptors (Lipinski definition) is 6. The Hall–Kier alpha value is -2.61. The molecule has 0 aromatic heterocycles. The number of carbonyl (C=O) groups is 1. The molecule has 0 spiro atoms. The highest BCUT2D eigenvalue weighted by Crippen LogP contribution is 2.23. The first-order valence-electron chi connectivity index (χ1n) is 11.4. The Kier molecular flexibility index (Phi) is 13.3. The SMILES string of the molecule is COCC(C)N(C(=O)c1ccccc1)C(C)(C)OCCCCCOc1ccc(/C=N/N)cc1.Cl. The summed E-state index contributed by atoms with van der Waals surface area (Å²) in [7, 11) is 1.64. The van der Waals surface area contributed by atoms with Crippen LogP contribution in [0.3, 0.4) is 0 Å². The van der Waals surface area contributed by atoms with Gasteiger partial charge in [-0.1, -0.05) is 18.2 Å². The van der Waals surface area contributed by atoms with Crippen LogP contribution in [-0.2, 0) is 9.47 Å². The van der Waals surface area contributed by atoms with E-state index in [4.69, 9.17) is 20.1 Å². The third-order valence-electron chi connectivity index (χ3n) is 5.28. The van der Waals surface area contributed by atoms with Gasteiger partial charge in [0.15, 0.2) is 0 Å². The fraction of sp³-hybridized carbons (Fsp3) is 0.462. The van der Waals surface area contributed by atoms with E-state index in [0.717, 1.165) is 30.6 Å². The molecule has 1 atom stereocenters. The Morgan fingerprint density at radius 2 is 1.71 bits per heavy atom. The van der Waals surface area contributed by atoms with Gasteiger partial charge in [0.1, 0.15) is 11.5 Å². The van der Waals surface area contributed by atoms with Crippen LogP contribution in [-0.4, -0.2) is 55.7 Å². The molecular weight excluding hydrogens is 454 g/mol. The largest absolute Gasteiger partial charge is 0.494 e. The highest BCUT2D eigenvalue weighted by atomic mass is 35.5. The zero-order chi connectivity index (χ0) is 24.1. The first-order valence-corrected chi connectivity index (χ1v) is 11.4. The summed E-state index contributed by atoms with van der Waals surface area (Å²) in [5.74, 6) is 5.91. The number of rotatable bonds is 14. The van der Waals surface area contributed by atoms with Crippen LogP contribution < -0.4 is 10.6 Å². The van der Waals surface area contributed by atoms with Crippen LogP contribution >= 0.6 is 12.4 Å². The molecular formula is C26H38ClN3O4. The van der Waals surface area contributed by atoms with Gasteiger partial charge in [0.05, 0.1) is 25.5 Å². The maximum Gasteiger partial charge on any atom is 0.256 e. The van der Waals surface area contributed by atoms with E-state index in [1.165, 1.54) is 0 Å². The van der Waals surface area contributed by atoms with Crippen molar-refractivity contribution in [2.75, 3.05) is 26.9 Å². The van der Waals surface area contributed by atoms with Crippen molar-refractivity contribution in [3.8, 4) is 5.75 Å². The van der Waals surface area contributed by atoms with E-state index in [9.17, 15) is 4.79 Å². The molecule has 0 aliphatic heterocycles. The zero-order valence-corrected chi connectivity index (χ0v) is 21.4. The van der Waals surface area contributed by atoms with E-state index in [0.29, 0.717) is 25.4 Å². The summed E-state index contributed by atoms with van der Waals surface area (Å²) in [6, 6.07) is 16.8. The smallest absolute Gasteiger partial charge is 0.256 e. The second kappa shape index (κ2) is 15.3. The molecule has 188 valence electrons. The number of nitrogens with zero attached hydrogens (tertiary/aromatic N) is 2. The van der Waals surface area contributed by atoms with Crippen LogP contribution in [0.5, 0.6) is 5.75 Å². The van der Waals surface area contributed by atoms with Crippen molar-refractivity contribution in [2.45, 2.75) is 51.8 Å². The molecule has 0 saturated carbocycles. The highest BCUT2D eigenvalue weighted by Gasteiger charge is 2.36. The minimum atomic E-state index is -0.768. The van der Waals surface area contributed by atoms with E-state index in [1.54, 1.807) is 18.2 Å². The average Bonchev–Trinajstić information content (AvgIpc) is 2.80. The van der Waals surface area contributed by atoms with E-state index >= 15 is 0 Å². The lowest BCUT2D eigenvalue weighted by Gasteiger charge is -2.42. The summed E-state index contributed by atoms with van der Waals surface area (Å²) in [6.45, 7) is 7.46. The minimum Gasteiger partial charge on any atom is -0.494 e. The molecule has 8 heteroatoms. The van der Waals surface area contributed by atoms with Gasteiger partial charge in [-0.25, -0.2) is 0 Å². The zero-order valence-electron chi connectivity index (χ0n) is 20.6. The van der Waals surface area contributed by atoms with Gasteiger partial charge >= 0.3 is 0 Å². The predicted molar refractivity (Wildman–Crippen MR) is 139 cm³/mol. The van der Waals surface area contributed by atoms with Gasteiger partial charge in [0.2, 0.25) is 0 Å². The monoisotopic (exact) mass is 491 g/mol. The molecule has 0 radical (unpaired) electrons. The number of ether oxygens (including phenoxy) is 3. The highest BCUT2D eigenvalue weighted by molar-refractivity contribution is 5.94. The fourth-order valence-corrected chi connectivity index (χ4v) is 3.71. The van der Waals surface area contributed by atoms with Gasteiger partial charge in [-0.05, 0) is 82.0 Å². The quantitative estimate of drug-likeness (QED) is 0.134. The maximum atomic E-state index is 13.2. The van der Waals surface area contributed by atoms with Gasteiger partial charge in [-0.2, -0.15) is 5.10 Å². The first-order chi connectivity index (χ1) is 15.9. The summed E-state index contributed by atoms with van der Waals surface area (Å²) in [5.41, 5.74) is 0.803. The molecule has 34 heavy (non-hydrogen) atoms. The molecule has 2 rings (SSSR count). The lowest BCUT2D eigenvalue weighted by Crippen LogP contribution is -2.55. The van der Waals surface area contributed by atoms with Crippen molar-refractivity contribution >= 4 is 24.5 Å². The molecule has 0 aliphatic carbocycles. The Bertz CT molecular complexity index is 860. The van der Waals surface area contributed by atoms with Gasteiger partial charge in [0, 0.05) is 19.3 Å². The maximum absolute atomic E-state index is 13.2. The fourth-order valence-electron chi connectivity index (χ4n) is 3.71. The number of amides is 1. The lowest BCUT2D eigenvalue weighted by atomic mass is 10.1. The van der Waals surface area contributed by atoms with Crippen molar-refractivity contribution in [1.82, 2.24) is 4.90 Å². The predicted octanol–water partition coefficient (Wildman–Crippen LogP) is 4.88. The van der Waals surface area contributed by atoms with E-state index < -0.39 is 5.72 Å². The second-order valence-electron chi connectivity index (χ2n) is 8.40. The molecule has 0 heterocycles. The molecule has 1 amide bonds. The molecule has 2 N–H and O–H groups in total. The molecule has 0 saturated heterocycles. The standard InChI is InChI=1S/C26H37N3O4.ClH/c1-21(20-31-4)29(25(30)23-11-7-5-8-12-23)26(2,3)33-18-10-6-9-17-32-24-15-13-22(14-16-24)19-28-27;/h5,7-8,11-16,19,21H,6,9-10,17-18,20,27H2,1-4H3;1H/b28-19+;. The molecule has 2 aromatic rings. The van der Waals surface area contributed by atoms with E-state index in [-0.39, 0.29) is 24.4 Å². The van der Waals surface area contributed by atoms with Crippen molar-refractivity contribution in [2.24, 2.45) is 10.9 Å². The van der Waals surface area contributed by atoms with Crippen LogP contribution in [0, 0.1) is 0 Å². The van der Waals surface area contributed by atoms with Crippen LogP contribution in [0.25, 0.3) is 0 Å². The number of nitrogens with two attached hydrogens (primary N) is 1. The molecule has 1 unspecified atom stereocenters. The Labute approximate surface area is 209 Å². The summed E-state index contributed by atoms with van der Waals surface area (Å²) in [6.07, 6.45) is 4.36. The number of hydrazone groups is 1. The number of halogens is 1. The van der Waals surface area contributed by atoms with Crippen LogP contribution in [0.2, 0.25) is 0 Å². The van der Waals surface area contributed by atoms with Crippen molar-refractivity contribution < 1.29 is 19.0 Å². The number of methoxy groups -OCH3 is 1. The Morgan fingerprint density at radius 3 is 2.32 bits per heavy atom. The summed E-state index contributed by atoms with van der Waals surface area (Å²) in [4.78, 5) is 15.0. The minimum absolute atomic E-state index is 0. The molecule has 0 bridgehead atoms. The number of benzene rings is 2. The van der Waals surface area contributed by atoms with Gasteiger partial charge < -0.3 is 25.0 Å². The normalized spacial score (nSPS) is 12.2. The van der Waals surface area contributed by atoms with Crippen molar-refractivity contribution in [1.29, 1.82) is 0 Å². The van der Waals surface area contributed by atoms with Crippen LogP contribution in [0.1, 0.15) is 56.0 Å². The topological polar surface area (TPSA) is 86.4 Å². The van der Waals surface area contributed by atoms with Gasteiger partial charge in [0.25, 0.3) is 5.91 Å². The van der Waals surface area contributed by atoms with Crippen molar-refractivity contribution in [3.05, 3.63) is 65.7 Å². The number of hydrogen-bond donors (Lipinski definition) is 1. The molecule has 7 nitrogen and oxygen atoms in total. The Morgan fingerprint density at radius 1 is 1.06 bits per heavy atom. The third kappa shape index (κ3) is 9.33. The number of carbonyl (C=O) groups excluding carboxylic acids is 1. The van der Waals surface area contributed by atoms with Crippen LogP contribution in [0.15, 0.2) is 59.7 Å². The first kappa shape index (κ1) is 29.4. The number of unbranched alkanes of at least 4 members (excludes halogenated alkanes) is 2. The molecule has 0 aliphatic rings. The van der Waals surface area contributed by atoms with E-state index in [1.807, 2.05) is 75.4 Å². The lowest BCUT2D eigenvalue weighted by molar-refractivity contribution is -0.132. The summed E-state index contributed by atoms with van der Waals surface area (Å²) >= 11 is 0. The average molecular weight is 492 g/mol. The molecule has 0 fully saturated rings. The van der Waals surface area contributed by atoms with E-state index in [2.05, 4.69) is 5.10 Å². The summed E-state index contributed by atoms with van der Waals surface area (Å²) < 4.78 is 17.3. The van der Waals surface area contributed by atoms with Crippen molar-refractivity contribution in [3.63, 3.8) is 0 Å². The second-order valence-corrected chi connectivity index (χ2v) is 8.40. The van der Waals surface area contributed by atoms with Crippen LogP contribution in [0.4, 0.5) is 0 Å². The Balaban J connectivity index is 0.00000578. The third-order valence-corrected chi connectivity index (χ3v) is 5.28. The van der Waals surface area contributed by atoms with Gasteiger partial charge in [-0.15, -0.1) is 12.4 Å². The molecule has 2 aromatic carbocycles.